The second-order valence-electron chi connectivity index (χ2n) is 4.77. The first-order valence-electron chi connectivity index (χ1n) is 6.18. The van der Waals surface area contributed by atoms with E-state index in [0.717, 1.165) is 41.8 Å². The highest BCUT2D eigenvalue weighted by molar-refractivity contribution is 9.10. The van der Waals surface area contributed by atoms with Crippen molar-refractivity contribution in [3.63, 3.8) is 0 Å². The van der Waals surface area contributed by atoms with Crippen molar-refractivity contribution in [2.45, 2.75) is 31.9 Å². The summed E-state index contributed by atoms with van der Waals surface area (Å²) < 4.78 is 3.34. The van der Waals surface area contributed by atoms with Gasteiger partial charge in [-0.25, -0.2) is 4.98 Å². The molecule has 1 atom stereocenters. The maximum atomic E-state index is 9.64. The molecule has 1 unspecified atom stereocenters. The largest absolute Gasteiger partial charge is 0.393 e. The summed E-state index contributed by atoms with van der Waals surface area (Å²) in [5, 5.41) is 9.64. The summed E-state index contributed by atoms with van der Waals surface area (Å²) in [5.41, 5.74) is 2.41. The molecule has 0 bridgehead atoms. The minimum absolute atomic E-state index is 0.201. The summed E-state index contributed by atoms with van der Waals surface area (Å²) in [5.74, 6) is 1.09. The van der Waals surface area contributed by atoms with E-state index in [-0.39, 0.29) is 6.10 Å². The normalized spacial score (nSPS) is 18.7. The molecule has 3 rings (SSSR count). The number of nitrogens with zero attached hydrogens (tertiary/aromatic N) is 2. The van der Waals surface area contributed by atoms with E-state index in [9.17, 15) is 5.11 Å². The van der Waals surface area contributed by atoms with Crippen LogP contribution in [0.2, 0.25) is 0 Å². The van der Waals surface area contributed by atoms with Crippen LogP contribution in [0, 0.1) is 0 Å². The Kier molecular flexibility index (Phi) is 3.22. The molecule has 4 heteroatoms. The molecule has 0 fully saturated rings. The van der Waals surface area contributed by atoms with Gasteiger partial charge in [-0.1, -0.05) is 28.1 Å². The van der Waals surface area contributed by atoms with E-state index in [2.05, 4.69) is 37.6 Å². The van der Waals surface area contributed by atoms with Gasteiger partial charge < -0.3 is 9.67 Å². The van der Waals surface area contributed by atoms with Crippen molar-refractivity contribution in [2.75, 3.05) is 0 Å². The zero-order valence-electron chi connectivity index (χ0n) is 10.0. The molecule has 3 nitrogen and oxygen atoms in total. The molecule has 1 aromatic carbocycles. The van der Waals surface area contributed by atoms with E-state index in [4.69, 9.17) is 0 Å². The average molecular weight is 307 g/mol. The number of benzene rings is 1. The highest BCUT2D eigenvalue weighted by Gasteiger charge is 2.19. The fraction of sp³-hybridized carbons (Fsp3) is 0.357. The highest BCUT2D eigenvalue weighted by atomic mass is 79.9. The van der Waals surface area contributed by atoms with Crippen LogP contribution in [0.25, 0.3) is 0 Å². The fourth-order valence-electron chi connectivity index (χ4n) is 2.48. The van der Waals surface area contributed by atoms with Gasteiger partial charge in [0.05, 0.1) is 6.10 Å². The van der Waals surface area contributed by atoms with E-state index < -0.39 is 0 Å². The number of aliphatic hydroxyl groups is 1. The van der Waals surface area contributed by atoms with Crippen molar-refractivity contribution >= 4 is 15.9 Å². The molecule has 1 aromatic heterocycles. The van der Waals surface area contributed by atoms with E-state index in [1.165, 1.54) is 5.56 Å². The number of aliphatic hydroxyl groups excluding tert-OH is 1. The molecule has 0 radical (unpaired) electrons. The average Bonchev–Trinajstić information content (AvgIpc) is 2.72. The van der Waals surface area contributed by atoms with Crippen LogP contribution in [-0.4, -0.2) is 20.8 Å². The van der Waals surface area contributed by atoms with Gasteiger partial charge in [0.25, 0.3) is 0 Å². The Morgan fingerprint density at radius 2 is 2.33 bits per heavy atom. The number of fused-ring (bicyclic) bond motifs is 1. The zero-order valence-corrected chi connectivity index (χ0v) is 11.6. The standard InChI is InChI=1S/C14H15BrN2O/c15-11-3-1-2-10(6-11)7-14-16-9-12-8-13(18)4-5-17(12)14/h1-3,6,9,13,18H,4-5,7-8H2. The highest BCUT2D eigenvalue weighted by Crippen LogP contribution is 2.20. The molecule has 2 heterocycles. The van der Waals surface area contributed by atoms with Gasteiger partial charge in [0, 0.05) is 35.7 Å². The molecule has 1 aliphatic heterocycles. The minimum Gasteiger partial charge on any atom is -0.393 e. The first-order valence-corrected chi connectivity index (χ1v) is 6.97. The molecule has 1 N–H and O–H groups in total. The molecule has 0 saturated carbocycles. The topological polar surface area (TPSA) is 38.0 Å². The van der Waals surface area contributed by atoms with Gasteiger partial charge in [0.2, 0.25) is 0 Å². The molecule has 1 aliphatic rings. The van der Waals surface area contributed by atoms with Crippen molar-refractivity contribution in [1.29, 1.82) is 0 Å². The molecule has 0 saturated heterocycles. The number of imidazole rings is 1. The Morgan fingerprint density at radius 3 is 3.17 bits per heavy atom. The fourth-order valence-corrected chi connectivity index (χ4v) is 2.93. The smallest absolute Gasteiger partial charge is 0.113 e. The van der Waals surface area contributed by atoms with Gasteiger partial charge in [0.15, 0.2) is 0 Å². The number of hydrogen-bond donors (Lipinski definition) is 1. The molecule has 94 valence electrons. The summed E-state index contributed by atoms with van der Waals surface area (Å²) in [6.07, 6.45) is 4.10. The third-order valence-corrected chi connectivity index (χ3v) is 3.90. The summed E-state index contributed by atoms with van der Waals surface area (Å²) >= 11 is 3.49. The number of halogens is 1. The SMILES string of the molecule is OC1CCn2c(cnc2Cc2cccc(Br)c2)C1. The van der Waals surface area contributed by atoms with Gasteiger partial charge in [-0.3, -0.25) is 0 Å². The molecule has 2 aromatic rings. The second kappa shape index (κ2) is 4.86. The lowest BCUT2D eigenvalue weighted by atomic mass is 10.1. The van der Waals surface area contributed by atoms with Crippen molar-refractivity contribution in [3.05, 3.63) is 52.0 Å². The van der Waals surface area contributed by atoms with Crippen LogP contribution >= 0.6 is 15.9 Å². The van der Waals surface area contributed by atoms with Crippen molar-refractivity contribution in [1.82, 2.24) is 9.55 Å². The van der Waals surface area contributed by atoms with Crippen LogP contribution in [0.15, 0.2) is 34.9 Å². The van der Waals surface area contributed by atoms with E-state index >= 15 is 0 Å². The van der Waals surface area contributed by atoms with Gasteiger partial charge in [-0.2, -0.15) is 0 Å². The Labute approximate surface area is 115 Å². The Hall–Kier alpha value is -1.13. The maximum Gasteiger partial charge on any atom is 0.113 e. The summed E-state index contributed by atoms with van der Waals surface area (Å²) in [6.45, 7) is 0.875. The second-order valence-corrected chi connectivity index (χ2v) is 5.69. The summed E-state index contributed by atoms with van der Waals surface area (Å²) in [7, 11) is 0. The summed E-state index contributed by atoms with van der Waals surface area (Å²) in [4.78, 5) is 4.49. The van der Waals surface area contributed by atoms with Crippen LogP contribution in [-0.2, 0) is 19.4 Å². The molecular weight excluding hydrogens is 292 g/mol. The lowest BCUT2D eigenvalue weighted by Crippen LogP contribution is -2.23. The molecule has 0 aliphatic carbocycles. The van der Waals surface area contributed by atoms with E-state index in [1.54, 1.807) is 0 Å². The van der Waals surface area contributed by atoms with Gasteiger partial charge in [-0.05, 0) is 24.1 Å². The van der Waals surface area contributed by atoms with E-state index in [0.29, 0.717) is 0 Å². The third-order valence-electron chi connectivity index (χ3n) is 3.40. The van der Waals surface area contributed by atoms with Crippen LogP contribution in [0.5, 0.6) is 0 Å². The lowest BCUT2D eigenvalue weighted by molar-refractivity contribution is 0.143. The number of rotatable bonds is 2. The Balaban J connectivity index is 1.86. The quantitative estimate of drug-likeness (QED) is 0.926. The Morgan fingerprint density at radius 1 is 1.44 bits per heavy atom. The van der Waals surface area contributed by atoms with Crippen LogP contribution in [0.1, 0.15) is 23.5 Å². The molecule has 18 heavy (non-hydrogen) atoms. The van der Waals surface area contributed by atoms with Crippen LogP contribution < -0.4 is 0 Å². The predicted octanol–water partition coefficient (Wildman–Crippen LogP) is 2.54. The van der Waals surface area contributed by atoms with Crippen molar-refractivity contribution in [2.24, 2.45) is 0 Å². The van der Waals surface area contributed by atoms with Crippen molar-refractivity contribution < 1.29 is 5.11 Å². The monoisotopic (exact) mass is 306 g/mol. The van der Waals surface area contributed by atoms with Crippen LogP contribution in [0.4, 0.5) is 0 Å². The van der Waals surface area contributed by atoms with Gasteiger partial charge in [-0.15, -0.1) is 0 Å². The van der Waals surface area contributed by atoms with Gasteiger partial charge >= 0.3 is 0 Å². The number of hydrogen-bond acceptors (Lipinski definition) is 2. The minimum atomic E-state index is -0.201. The molecule has 0 amide bonds. The third kappa shape index (κ3) is 2.35. The first-order chi connectivity index (χ1) is 8.72. The maximum absolute atomic E-state index is 9.64. The summed E-state index contributed by atoms with van der Waals surface area (Å²) in [6, 6.07) is 8.31. The lowest BCUT2D eigenvalue weighted by Gasteiger charge is -2.21. The predicted molar refractivity (Wildman–Crippen MR) is 73.5 cm³/mol. The Bertz CT molecular complexity index is 565. The van der Waals surface area contributed by atoms with Gasteiger partial charge in [0.1, 0.15) is 5.82 Å². The number of aromatic nitrogens is 2. The zero-order chi connectivity index (χ0) is 12.5. The first kappa shape index (κ1) is 11.9. The van der Waals surface area contributed by atoms with E-state index in [1.807, 2.05) is 18.3 Å². The van der Waals surface area contributed by atoms with Crippen molar-refractivity contribution in [3.8, 4) is 0 Å². The molecular formula is C14H15BrN2O. The molecule has 0 spiro atoms. The van der Waals surface area contributed by atoms with Crippen LogP contribution in [0.3, 0.4) is 0 Å².